The van der Waals surface area contributed by atoms with Crippen LogP contribution < -0.4 is 16.0 Å². The third kappa shape index (κ3) is 8.02. The minimum atomic E-state index is -1.93. The highest BCUT2D eigenvalue weighted by molar-refractivity contribution is 5.91. The summed E-state index contributed by atoms with van der Waals surface area (Å²) in [5, 5.41) is 41.0. The number of aromatic hydroxyl groups is 2. The number of pyridine rings is 2. The number of nitrogens with one attached hydrogen (secondary N) is 1. The molecule has 1 unspecified atom stereocenters. The maximum Gasteiger partial charge on any atom is 0.415 e. The molecular weight excluding hydrogens is 933 g/mol. The van der Waals surface area contributed by atoms with Crippen molar-refractivity contribution in [2.45, 2.75) is 116 Å². The Bertz CT molecular complexity index is 3530. The lowest BCUT2D eigenvalue weighted by Crippen LogP contribution is -2.55. The molecule has 4 aromatic heterocycles. The van der Waals surface area contributed by atoms with Gasteiger partial charge in [-0.3, -0.25) is 14.5 Å². The lowest BCUT2D eigenvalue weighted by atomic mass is 9.86. The van der Waals surface area contributed by atoms with Crippen LogP contribution in [0.25, 0.3) is 50.3 Å². The second-order valence-electron chi connectivity index (χ2n) is 20.2. The largest absolute Gasteiger partial charge is 0.508 e. The van der Waals surface area contributed by atoms with Crippen LogP contribution in [-0.4, -0.2) is 97.6 Å². The highest BCUT2D eigenvalue weighted by Gasteiger charge is 2.46. The lowest BCUT2D eigenvalue weighted by molar-refractivity contribution is -0.172. The van der Waals surface area contributed by atoms with E-state index in [1.807, 2.05) is 56.1 Å². The normalized spacial score (nSPS) is 18.8. The van der Waals surface area contributed by atoms with Crippen molar-refractivity contribution in [2.24, 2.45) is 5.92 Å². The fourth-order valence-corrected chi connectivity index (χ4v) is 11.6. The molecule has 4 aliphatic heterocycles. The van der Waals surface area contributed by atoms with Gasteiger partial charge in [0.15, 0.2) is 11.4 Å². The van der Waals surface area contributed by atoms with Crippen LogP contribution in [0.2, 0.25) is 0 Å². The van der Waals surface area contributed by atoms with Crippen LogP contribution in [0, 0.1) is 5.92 Å². The summed E-state index contributed by atoms with van der Waals surface area (Å²) in [7, 11) is 0. The Kier molecular flexibility index (Phi) is 12.0. The number of aryl methyl sites for hydroxylation is 2. The summed E-state index contributed by atoms with van der Waals surface area (Å²) in [6, 6.07) is 17.0. The molecule has 4 N–H and O–H groups in total. The van der Waals surface area contributed by atoms with Crippen LogP contribution in [0.4, 0.5) is 4.79 Å². The topological polar surface area (TPSA) is 227 Å². The molecular formula is C55H58N8O10. The average molecular weight is 991 g/mol. The molecule has 2 fully saturated rings. The molecule has 0 spiro atoms. The third-order valence-corrected chi connectivity index (χ3v) is 15.8. The van der Waals surface area contributed by atoms with Crippen LogP contribution >= 0.6 is 0 Å². The van der Waals surface area contributed by atoms with Crippen LogP contribution in [-0.2, 0) is 46.0 Å². The van der Waals surface area contributed by atoms with Gasteiger partial charge in [-0.25, -0.2) is 29.0 Å². The van der Waals surface area contributed by atoms with Gasteiger partial charge in [0.1, 0.15) is 29.9 Å². The first kappa shape index (κ1) is 47.6. The fraction of sp³-hybridized carbons (Fsp3) is 0.400. The van der Waals surface area contributed by atoms with Gasteiger partial charge in [-0.2, -0.15) is 5.10 Å². The molecule has 0 bridgehead atoms. The van der Waals surface area contributed by atoms with Gasteiger partial charge in [0, 0.05) is 65.9 Å². The number of cyclic esters (lactones) is 1. The number of esters is 1. The molecule has 0 saturated carbocycles. The molecule has 0 aliphatic carbocycles. The first-order valence-corrected chi connectivity index (χ1v) is 25.4. The number of aliphatic hydroxyl groups is 1. The number of H-pyrrole nitrogens is 1. The Morgan fingerprint density at radius 1 is 0.932 bits per heavy atom. The van der Waals surface area contributed by atoms with Crippen molar-refractivity contribution in [3.8, 4) is 45.7 Å². The summed E-state index contributed by atoms with van der Waals surface area (Å²) in [4.78, 5) is 76.3. The number of rotatable bonds is 10. The summed E-state index contributed by atoms with van der Waals surface area (Å²) in [6.45, 7) is 9.97. The Labute approximate surface area is 419 Å². The molecule has 2 atom stereocenters. The molecule has 0 radical (unpaired) electrons. The van der Waals surface area contributed by atoms with Crippen molar-refractivity contribution < 1.29 is 39.2 Å². The van der Waals surface area contributed by atoms with Gasteiger partial charge in [0.25, 0.3) is 5.56 Å². The van der Waals surface area contributed by atoms with Crippen molar-refractivity contribution in [3.05, 3.63) is 116 Å². The average Bonchev–Trinajstić information content (AvgIpc) is 4.10. The van der Waals surface area contributed by atoms with Crippen molar-refractivity contribution >= 4 is 39.8 Å². The van der Waals surface area contributed by atoms with E-state index in [1.165, 1.54) is 10.6 Å². The van der Waals surface area contributed by atoms with E-state index in [9.17, 15) is 39.3 Å². The maximum atomic E-state index is 14.2. The summed E-state index contributed by atoms with van der Waals surface area (Å²) < 4.78 is 16.5. The molecule has 2 amide bonds. The zero-order valence-electron chi connectivity index (χ0n) is 41.3. The number of ether oxygens (including phenoxy) is 2. The van der Waals surface area contributed by atoms with E-state index in [2.05, 4.69) is 14.8 Å². The Balaban J connectivity index is 0.736. The zero-order valence-corrected chi connectivity index (χ0v) is 41.3. The number of carbonyl (C=O) groups is 3. The summed E-state index contributed by atoms with van der Waals surface area (Å²) in [5.41, 5.74) is 3.90. The van der Waals surface area contributed by atoms with Gasteiger partial charge < -0.3 is 38.8 Å². The first-order chi connectivity index (χ1) is 35.2. The van der Waals surface area contributed by atoms with Crippen molar-refractivity contribution in [1.29, 1.82) is 0 Å². The smallest absolute Gasteiger partial charge is 0.415 e. The maximum absolute atomic E-state index is 14.2. The van der Waals surface area contributed by atoms with Gasteiger partial charge >= 0.3 is 17.8 Å². The molecule has 73 heavy (non-hydrogen) atoms. The van der Waals surface area contributed by atoms with Gasteiger partial charge in [-0.05, 0) is 129 Å². The molecule has 4 aliphatic rings. The number of aromatic amines is 1. The second-order valence-corrected chi connectivity index (χ2v) is 20.2. The number of phenols is 2. The van der Waals surface area contributed by atoms with Crippen molar-refractivity contribution in [2.75, 3.05) is 19.6 Å². The molecule has 18 nitrogen and oxygen atoms in total. The van der Waals surface area contributed by atoms with Gasteiger partial charge in [0.2, 0.25) is 5.91 Å². The number of amides is 2. The molecule has 3 aromatic carbocycles. The SMILES string of the molecule is CCc1c2c(nc3ccc(OC(=O)N4CCCCC4C(=O)N4CCC(CCn5ccc6cc(-n7c(-c8cc(C(C)C)c(O)cc8O)n[nH]c7=O)ccc65)CC4)cc13)-c1cc3c(c(=O)n1C2)COC(=O)[C@]3(O)CC. The van der Waals surface area contributed by atoms with Crippen LogP contribution in [0.3, 0.4) is 0 Å². The van der Waals surface area contributed by atoms with Crippen LogP contribution in [0.15, 0.2) is 76.4 Å². The standard InChI is InChI=1S/C55H58N8O10/c1-5-35-37-24-34(11-12-42(37)56-48-39(35)28-62-45(48)26-41-40(50(62)66)29-72-52(68)55(41,71)6-2)73-54(70)61-18-8-7-9-44(61)51(67)60-20-15-31(16-21-60)14-19-59-22-17-32-23-33(10-13-43(32)59)63-49(57-58-53(63)69)38-25-36(30(3)4)46(64)27-47(38)65/h10-13,17,22-27,30-31,44,64-65,71H,5-9,14-16,18-21,28-29H2,1-4H3,(H,58,69)/t44?,55-/m0/s1. The number of piperidine rings is 2. The second kappa shape index (κ2) is 18.4. The number of likely N-dealkylation sites (tertiary alicyclic amines) is 2. The van der Waals surface area contributed by atoms with Crippen molar-refractivity contribution in [3.63, 3.8) is 0 Å². The van der Waals surface area contributed by atoms with E-state index in [0.717, 1.165) is 66.1 Å². The predicted molar refractivity (Wildman–Crippen MR) is 271 cm³/mol. The molecule has 11 rings (SSSR count). The summed E-state index contributed by atoms with van der Waals surface area (Å²) in [6.07, 6.45) is 6.84. The number of carbonyl (C=O) groups excluding carboxylic acids is 3. The number of hydrogen-bond acceptors (Lipinski definition) is 12. The van der Waals surface area contributed by atoms with E-state index in [1.54, 1.807) is 46.7 Å². The number of benzene rings is 3. The minimum absolute atomic E-state index is 0.0247. The quantitative estimate of drug-likeness (QED) is 0.0987. The molecule has 7 aromatic rings. The number of hydrogen-bond donors (Lipinski definition) is 4. The van der Waals surface area contributed by atoms with Gasteiger partial charge in [0.05, 0.1) is 40.3 Å². The predicted octanol–water partition coefficient (Wildman–Crippen LogP) is 7.35. The van der Waals surface area contributed by atoms with E-state index >= 15 is 0 Å². The van der Waals surface area contributed by atoms with E-state index in [4.69, 9.17) is 14.5 Å². The Morgan fingerprint density at radius 2 is 1.74 bits per heavy atom. The van der Waals surface area contributed by atoms with E-state index in [-0.39, 0.29) is 65.4 Å². The zero-order chi connectivity index (χ0) is 51.0. The number of fused-ring (bicyclic) bond motifs is 6. The number of phenolic OH excluding ortho intramolecular Hbond substituents is 2. The van der Waals surface area contributed by atoms with Gasteiger partial charge in [-0.15, -0.1) is 0 Å². The Morgan fingerprint density at radius 3 is 2.51 bits per heavy atom. The van der Waals surface area contributed by atoms with Gasteiger partial charge in [-0.1, -0.05) is 27.7 Å². The third-order valence-electron chi connectivity index (χ3n) is 15.8. The van der Waals surface area contributed by atoms with Crippen molar-refractivity contribution in [1.82, 2.24) is 38.7 Å². The summed E-state index contributed by atoms with van der Waals surface area (Å²) in [5.74, 6) is -0.115. The highest BCUT2D eigenvalue weighted by Crippen LogP contribution is 2.42. The van der Waals surface area contributed by atoms with E-state index < -0.39 is 29.4 Å². The number of nitrogens with zero attached hydrogens (tertiary/aromatic N) is 7. The lowest BCUT2D eigenvalue weighted by Gasteiger charge is -2.39. The monoisotopic (exact) mass is 990 g/mol. The van der Waals surface area contributed by atoms with Crippen LogP contribution in [0.5, 0.6) is 17.2 Å². The Hall–Kier alpha value is -7.73. The first-order valence-electron chi connectivity index (χ1n) is 25.4. The van der Waals surface area contributed by atoms with E-state index in [0.29, 0.717) is 77.9 Å². The summed E-state index contributed by atoms with van der Waals surface area (Å²) >= 11 is 0. The number of aromatic nitrogens is 6. The molecule has 8 heterocycles. The minimum Gasteiger partial charge on any atom is -0.508 e. The molecule has 2 saturated heterocycles. The fourth-order valence-electron chi connectivity index (χ4n) is 11.6. The molecule has 378 valence electrons. The van der Waals surface area contributed by atoms with Crippen LogP contribution in [0.1, 0.15) is 106 Å². The highest BCUT2D eigenvalue weighted by atomic mass is 16.6. The molecule has 18 heteroatoms.